The number of amides is 2. The molecule has 0 spiro atoms. The molecule has 0 N–H and O–H groups in total. The zero-order valence-electron chi connectivity index (χ0n) is 15.6. The van der Waals surface area contributed by atoms with Gasteiger partial charge in [-0.1, -0.05) is 37.3 Å². The molecule has 2 fully saturated rings. The van der Waals surface area contributed by atoms with E-state index in [-0.39, 0.29) is 17.7 Å². The van der Waals surface area contributed by atoms with Crippen LogP contribution in [0, 0.1) is 5.92 Å². The maximum atomic E-state index is 13.0. The Labute approximate surface area is 161 Å². The zero-order valence-corrected chi connectivity index (χ0v) is 16.4. The largest absolute Gasteiger partial charge is 0.342 e. The lowest BCUT2D eigenvalue weighted by atomic mass is 9.94. The zero-order chi connectivity index (χ0) is 18.5. The van der Waals surface area contributed by atoms with Gasteiger partial charge < -0.3 is 9.80 Å². The summed E-state index contributed by atoms with van der Waals surface area (Å²) in [6, 6.07) is 7.36. The molecule has 1 aromatic rings. The average Bonchev–Trinajstić information content (AvgIpc) is 2.96. The maximum absolute atomic E-state index is 13.0. The minimum absolute atomic E-state index is 0.00344. The maximum Gasteiger partial charge on any atom is 0.253 e. The van der Waals surface area contributed by atoms with Gasteiger partial charge in [-0.15, -0.1) is 0 Å². The van der Waals surface area contributed by atoms with Gasteiger partial charge in [-0.2, -0.15) is 0 Å². The molecule has 1 aliphatic carbocycles. The van der Waals surface area contributed by atoms with Crippen LogP contribution in [0.4, 0.5) is 0 Å². The number of carbonyl (C=O) groups excluding carboxylic acids is 2. The van der Waals surface area contributed by atoms with Gasteiger partial charge in [0.05, 0.1) is 5.92 Å². The molecular formula is C21H29ClN2O2. The second-order valence-electron chi connectivity index (χ2n) is 7.69. The van der Waals surface area contributed by atoms with E-state index in [9.17, 15) is 9.59 Å². The van der Waals surface area contributed by atoms with Crippen LogP contribution in [0.5, 0.6) is 0 Å². The molecule has 2 aliphatic rings. The van der Waals surface area contributed by atoms with Crippen molar-refractivity contribution in [3.63, 3.8) is 0 Å². The van der Waals surface area contributed by atoms with Crippen LogP contribution in [-0.4, -0.2) is 47.8 Å². The normalized spacial score (nSPS) is 21.9. The third-order valence-corrected chi connectivity index (χ3v) is 6.12. The Morgan fingerprint density at radius 1 is 1.00 bits per heavy atom. The van der Waals surface area contributed by atoms with E-state index in [1.165, 1.54) is 25.7 Å². The number of nitrogens with zero attached hydrogens (tertiary/aromatic N) is 2. The van der Waals surface area contributed by atoms with Gasteiger partial charge >= 0.3 is 0 Å². The molecule has 0 radical (unpaired) electrons. The fraction of sp³-hybridized carbons (Fsp3) is 0.619. The molecule has 1 saturated heterocycles. The summed E-state index contributed by atoms with van der Waals surface area (Å²) < 4.78 is 0. The van der Waals surface area contributed by atoms with Crippen molar-refractivity contribution in [1.82, 2.24) is 9.80 Å². The van der Waals surface area contributed by atoms with E-state index in [0.717, 1.165) is 32.2 Å². The fourth-order valence-electron chi connectivity index (χ4n) is 4.25. The predicted molar refractivity (Wildman–Crippen MR) is 104 cm³/mol. The number of hydrogen-bond acceptors (Lipinski definition) is 2. The SMILES string of the molecule is CN(C(=O)C1CCCN(C(=O)c2ccc(Cl)cc2)C1)C1CCCCCC1. The van der Waals surface area contributed by atoms with Crippen molar-refractivity contribution in [2.24, 2.45) is 5.92 Å². The summed E-state index contributed by atoms with van der Waals surface area (Å²) in [5.41, 5.74) is 0.639. The molecule has 1 atom stereocenters. The lowest BCUT2D eigenvalue weighted by Crippen LogP contribution is -2.48. The van der Waals surface area contributed by atoms with E-state index in [0.29, 0.717) is 23.2 Å². The molecule has 1 aliphatic heterocycles. The van der Waals surface area contributed by atoms with E-state index in [1.807, 2.05) is 16.8 Å². The first kappa shape index (κ1) is 19.2. The smallest absolute Gasteiger partial charge is 0.253 e. The minimum atomic E-state index is -0.0757. The number of carbonyl (C=O) groups is 2. The highest BCUT2D eigenvalue weighted by atomic mass is 35.5. The van der Waals surface area contributed by atoms with Gasteiger partial charge in [0.2, 0.25) is 5.91 Å². The van der Waals surface area contributed by atoms with Crippen molar-refractivity contribution in [2.45, 2.75) is 57.4 Å². The summed E-state index contributed by atoms with van der Waals surface area (Å²) >= 11 is 5.91. The van der Waals surface area contributed by atoms with Gasteiger partial charge in [0, 0.05) is 36.8 Å². The summed E-state index contributed by atoms with van der Waals surface area (Å²) in [7, 11) is 1.96. The van der Waals surface area contributed by atoms with Gasteiger partial charge in [-0.3, -0.25) is 9.59 Å². The number of hydrogen-bond donors (Lipinski definition) is 0. The van der Waals surface area contributed by atoms with Gasteiger partial charge in [0.25, 0.3) is 5.91 Å². The Hall–Kier alpha value is -1.55. The summed E-state index contributed by atoms with van der Waals surface area (Å²) in [5.74, 6) is 0.134. The molecule has 0 bridgehead atoms. The average molecular weight is 377 g/mol. The Morgan fingerprint density at radius 3 is 2.31 bits per heavy atom. The minimum Gasteiger partial charge on any atom is -0.342 e. The van der Waals surface area contributed by atoms with Gasteiger partial charge in [0.15, 0.2) is 0 Å². The number of benzene rings is 1. The molecule has 2 amide bonds. The van der Waals surface area contributed by atoms with Gasteiger partial charge in [0.1, 0.15) is 0 Å². The first-order valence-corrected chi connectivity index (χ1v) is 10.3. The van der Waals surface area contributed by atoms with E-state index in [4.69, 9.17) is 11.6 Å². The quantitative estimate of drug-likeness (QED) is 0.735. The van der Waals surface area contributed by atoms with Crippen molar-refractivity contribution < 1.29 is 9.59 Å². The third-order valence-electron chi connectivity index (χ3n) is 5.87. The lowest BCUT2D eigenvalue weighted by Gasteiger charge is -2.36. The molecule has 1 heterocycles. The summed E-state index contributed by atoms with van der Waals surface area (Å²) in [6.07, 6.45) is 8.98. The van der Waals surface area contributed by atoms with Crippen molar-refractivity contribution in [3.8, 4) is 0 Å². The van der Waals surface area contributed by atoms with Crippen LogP contribution >= 0.6 is 11.6 Å². The van der Waals surface area contributed by atoms with Crippen LogP contribution in [0.3, 0.4) is 0 Å². The molecule has 1 saturated carbocycles. The first-order chi connectivity index (χ1) is 12.6. The second kappa shape index (κ2) is 8.90. The summed E-state index contributed by atoms with van der Waals surface area (Å²) in [4.78, 5) is 29.6. The van der Waals surface area contributed by atoms with Crippen LogP contribution in [0.15, 0.2) is 24.3 Å². The van der Waals surface area contributed by atoms with Crippen LogP contribution < -0.4 is 0 Å². The van der Waals surface area contributed by atoms with Gasteiger partial charge in [-0.05, 0) is 49.9 Å². The van der Waals surface area contributed by atoms with Crippen LogP contribution in [0.1, 0.15) is 61.7 Å². The first-order valence-electron chi connectivity index (χ1n) is 9.88. The van der Waals surface area contributed by atoms with Crippen molar-refractivity contribution in [1.29, 1.82) is 0 Å². The Bertz CT molecular complexity index is 623. The number of rotatable bonds is 3. The van der Waals surface area contributed by atoms with Crippen LogP contribution in [-0.2, 0) is 4.79 Å². The summed E-state index contributed by atoms with van der Waals surface area (Å²) in [5, 5.41) is 0.623. The molecule has 5 heteroatoms. The van der Waals surface area contributed by atoms with E-state index >= 15 is 0 Å². The van der Waals surface area contributed by atoms with Crippen LogP contribution in [0.2, 0.25) is 5.02 Å². The molecule has 1 unspecified atom stereocenters. The van der Waals surface area contributed by atoms with E-state index < -0.39 is 0 Å². The Kier molecular flexibility index (Phi) is 6.58. The highest BCUT2D eigenvalue weighted by Crippen LogP contribution is 2.25. The van der Waals surface area contributed by atoms with E-state index in [2.05, 4.69) is 0 Å². The van der Waals surface area contributed by atoms with Crippen molar-refractivity contribution >= 4 is 23.4 Å². The standard InChI is InChI=1S/C21H29ClN2O2/c1-23(19-8-4-2-3-5-9-19)20(25)17-7-6-14-24(15-17)21(26)16-10-12-18(22)13-11-16/h10-13,17,19H,2-9,14-15H2,1H3. The Balaban J connectivity index is 1.62. The molecule has 1 aromatic carbocycles. The number of halogens is 1. The predicted octanol–water partition coefficient (Wildman–Crippen LogP) is 4.37. The molecule has 142 valence electrons. The third kappa shape index (κ3) is 4.59. The molecule has 3 rings (SSSR count). The Morgan fingerprint density at radius 2 is 1.65 bits per heavy atom. The van der Waals surface area contributed by atoms with Gasteiger partial charge in [-0.25, -0.2) is 0 Å². The summed E-state index contributed by atoms with van der Waals surface area (Å²) in [6.45, 7) is 1.25. The van der Waals surface area contributed by atoms with Crippen molar-refractivity contribution in [2.75, 3.05) is 20.1 Å². The fourth-order valence-corrected chi connectivity index (χ4v) is 4.38. The number of likely N-dealkylation sites (tertiary alicyclic amines) is 1. The molecule has 4 nitrogen and oxygen atoms in total. The second-order valence-corrected chi connectivity index (χ2v) is 8.13. The molecule has 0 aromatic heterocycles. The highest BCUT2D eigenvalue weighted by molar-refractivity contribution is 6.30. The monoisotopic (exact) mass is 376 g/mol. The number of piperidine rings is 1. The van der Waals surface area contributed by atoms with E-state index in [1.54, 1.807) is 24.3 Å². The van der Waals surface area contributed by atoms with Crippen molar-refractivity contribution in [3.05, 3.63) is 34.9 Å². The molecular weight excluding hydrogens is 348 g/mol. The van der Waals surface area contributed by atoms with Crippen LogP contribution in [0.25, 0.3) is 0 Å². The molecule has 26 heavy (non-hydrogen) atoms. The highest BCUT2D eigenvalue weighted by Gasteiger charge is 2.32. The lowest BCUT2D eigenvalue weighted by molar-refractivity contribution is -0.138. The topological polar surface area (TPSA) is 40.6 Å².